The Morgan fingerprint density at radius 2 is 1.95 bits per heavy atom. The maximum Gasteiger partial charge on any atom is 0.249 e. The van der Waals surface area contributed by atoms with E-state index in [0.717, 1.165) is 0 Å². The first-order chi connectivity index (χ1) is 9.51. The predicted octanol–water partition coefficient (Wildman–Crippen LogP) is 0.882. The first-order valence-corrected chi connectivity index (χ1v) is 6.90. The van der Waals surface area contributed by atoms with Crippen molar-refractivity contribution in [2.45, 2.75) is 51.7 Å². The fourth-order valence-electron chi connectivity index (χ4n) is 2.40. The lowest BCUT2D eigenvalue weighted by molar-refractivity contribution is -0.155. The van der Waals surface area contributed by atoms with Crippen LogP contribution < -0.4 is 5.32 Å². The number of nitrogens with zero attached hydrogens (tertiary/aromatic N) is 3. The van der Waals surface area contributed by atoms with Gasteiger partial charge in [-0.05, 0) is 25.8 Å². The van der Waals surface area contributed by atoms with Crippen LogP contribution in [0.3, 0.4) is 0 Å². The normalized spacial score (nSPS) is 26.6. The van der Waals surface area contributed by atoms with Crippen molar-refractivity contribution < 1.29 is 9.59 Å². The van der Waals surface area contributed by atoms with Gasteiger partial charge in [0.15, 0.2) is 0 Å². The first-order valence-electron chi connectivity index (χ1n) is 6.90. The molecule has 0 aromatic carbocycles. The number of hydrogen-bond donors (Lipinski definition) is 1. The lowest BCUT2D eigenvalue weighted by Gasteiger charge is -2.43. The van der Waals surface area contributed by atoms with Crippen molar-refractivity contribution in [3.63, 3.8) is 0 Å². The van der Waals surface area contributed by atoms with Crippen LogP contribution in [0.2, 0.25) is 0 Å². The van der Waals surface area contributed by atoms with E-state index in [1.165, 1.54) is 0 Å². The fraction of sp³-hybridized carbons (Fsp3) is 0.571. The Hall–Kier alpha value is -1.98. The molecule has 1 aliphatic rings. The van der Waals surface area contributed by atoms with Crippen LogP contribution in [0.25, 0.3) is 0 Å². The number of piperazine rings is 1. The van der Waals surface area contributed by atoms with Crippen molar-refractivity contribution in [2.75, 3.05) is 0 Å². The van der Waals surface area contributed by atoms with Gasteiger partial charge in [0.05, 0.1) is 6.54 Å². The van der Waals surface area contributed by atoms with E-state index < -0.39 is 11.6 Å². The van der Waals surface area contributed by atoms with E-state index in [-0.39, 0.29) is 18.4 Å². The summed E-state index contributed by atoms with van der Waals surface area (Å²) in [7, 11) is 0. The summed E-state index contributed by atoms with van der Waals surface area (Å²) in [4.78, 5) is 34.7. The third-order valence-corrected chi connectivity index (χ3v) is 3.84. The molecule has 6 heteroatoms. The molecule has 0 aliphatic carbocycles. The largest absolute Gasteiger partial charge is 0.340 e. The minimum absolute atomic E-state index is 0.0705. The van der Waals surface area contributed by atoms with Crippen molar-refractivity contribution in [3.05, 3.63) is 24.3 Å². The van der Waals surface area contributed by atoms with Crippen LogP contribution in [0.15, 0.2) is 18.5 Å². The van der Waals surface area contributed by atoms with E-state index in [2.05, 4.69) is 15.3 Å². The molecule has 0 radical (unpaired) electrons. The summed E-state index contributed by atoms with van der Waals surface area (Å²) in [6.07, 6.45) is 4.40. The summed E-state index contributed by atoms with van der Waals surface area (Å²) < 4.78 is 0. The molecule has 2 unspecified atom stereocenters. The quantitative estimate of drug-likeness (QED) is 0.886. The Morgan fingerprint density at radius 1 is 1.30 bits per heavy atom. The number of carbonyl (C=O) groups excluding carboxylic acids is 2. The number of amides is 2. The minimum atomic E-state index is -0.836. The molecular weight excluding hydrogens is 256 g/mol. The van der Waals surface area contributed by atoms with Crippen molar-refractivity contribution in [2.24, 2.45) is 0 Å². The molecule has 20 heavy (non-hydrogen) atoms. The number of rotatable bonds is 4. The molecule has 1 aromatic rings. The van der Waals surface area contributed by atoms with Crippen molar-refractivity contribution in [1.82, 2.24) is 20.2 Å². The SMILES string of the molecule is CCC1C(=O)NC(C)(CC)C(=O)N1Cc1ncccn1. The number of nitrogens with one attached hydrogen (secondary N) is 1. The number of hydrogen-bond acceptors (Lipinski definition) is 4. The number of aromatic nitrogens is 2. The van der Waals surface area contributed by atoms with E-state index in [0.29, 0.717) is 18.7 Å². The van der Waals surface area contributed by atoms with Gasteiger partial charge >= 0.3 is 0 Å². The molecule has 1 fully saturated rings. The second-order valence-electron chi connectivity index (χ2n) is 5.20. The van der Waals surface area contributed by atoms with E-state index in [1.54, 1.807) is 30.3 Å². The Labute approximate surface area is 118 Å². The molecule has 1 aromatic heterocycles. The standard InChI is InChI=1S/C14H20N4O2/c1-4-10-12(19)17-14(3,5-2)13(20)18(10)9-11-15-7-6-8-16-11/h6-8,10H,4-5,9H2,1-3H3,(H,17,19). The molecule has 1 aliphatic heterocycles. The van der Waals surface area contributed by atoms with Gasteiger partial charge in [0, 0.05) is 12.4 Å². The molecule has 2 rings (SSSR count). The highest BCUT2D eigenvalue weighted by atomic mass is 16.2. The van der Waals surface area contributed by atoms with E-state index in [1.807, 2.05) is 13.8 Å². The Morgan fingerprint density at radius 3 is 2.50 bits per heavy atom. The summed E-state index contributed by atoms with van der Waals surface area (Å²) in [5, 5.41) is 2.84. The second-order valence-corrected chi connectivity index (χ2v) is 5.20. The zero-order valence-electron chi connectivity index (χ0n) is 12.1. The van der Waals surface area contributed by atoms with Gasteiger partial charge in [-0.25, -0.2) is 9.97 Å². The van der Waals surface area contributed by atoms with Gasteiger partial charge < -0.3 is 10.2 Å². The van der Waals surface area contributed by atoms with Gasteiger partial charge in [-0.2, -0.15) is 0 Å². The highest BCUT2D eigenvalue weighted by Gasteiger charge is 2.46. The summed E-state index contributed by atoms with van der Waals surface area (Å²) in [6.45, 7) is 5.81. The van der Waals surface area contributed by atoms with Crippen molar-refractivity contribution in [3.8, 4) is 0 Å². The topological polar surface area (TPSA) is 75.2 Å². The highest BCUT2D eigenvalue weighted by molar-refractivity contribution is 5.99. The van der Waals surface area contributed by atoms with Crippen LogP contribution in [0.4, 0.5) is 0 Å². The Kier molecular flexibility index (Phi) is 4.01. The highest BCUT2D eigenvalue weighted by Crippen LogP contribution is 2.24. The van der Waals surface area contributed by atoms with E-state index in [9.17, 15) is 9.59 Å². The fourth-order valence-corrected chi connectivity index (χ4v) is 2.40. The van der Waals surface area contributed by atoms with Crippen molar-refractivity contribution in [1.29, 1.82) is 0 Å². The summed E-state index contributed by atoms with van der Waals surface area (Å²) >= 11 is 0. The molecule has 1 N–H and O–H groups in total. The predicted molar refractivity (Wildman–Crippen MR) is 73.5 cm³/mol. The van der Waals surface area contributed by atoms with Crippen molar-refractivity contribution >= 4 is 11.8 Å². The molecule has 2 amide bonds. The van der Waals surface area contributed by atoms with Gasteiger partial charge in [0.25, 0.3) is 0 Å². The smallest absolute Gasteiger partial charge is 0.249 e. The lowest BCUT2D eigenvalue weighted by atomic mass is 9.91. The zero-order valence-corrected chi connectivity index (χ0v) is 12.1. The monoisotopic (exact) mass is 276 g/mol. The summed E-state index contributed by atoms with van der Waals surface area (Å²) in [5.41, 5.74) is -0.836. The molecule has 1 saturated heterocycles. The zero-order chi connectivity index (χ0) is 14.8. The Bertz CT molecular complexity index is 505. The van der Waals surface area contributed by atoms with Gasteiger partial charge in [-0.3, -0.25) is 9.59 Å². The van der Waals surface area contributed by atoms with Crippen LogP contribution in [-0.4, -0.2) is 38.3 Å². The van der Waals surface area contributed by atoms with Gasteiger partial charge in [0.1, 0.15) is 17.4 Å². The van der Waals surface area contributed by atoms with Gasteiger partial charge in [0.2, 0.25) is 11.8 Å². The maximum absolute atomic E-state index is 12.7. The molecule has 2 heterocycles. The maximum atomic E-state index is 12.7. The third kappa shape index (κ3) is 2.50. The van der Waals surface area contributed by atoms with Crippen LogP contribution in [0.5, 0.6) is 0 Å². The molecule has 6 nitrogen and oxygen atoms in total. The lowest BCUT2D eigenvalue weighted by Crippen LogP contribution is -2.68. The average Bonchev–Trinajstić information content (AvgIpc) is 2.46. The average molecular weight is 276 g/mol. The molecule has 0 spiro atoms. The third-order valence-electron chi connectivity index (χ3n) is 3.84. The minimum Gasteiger partial charge on any atom is -0.340 e. The van der Waals surface area contributed by atoms with E-state index >= 15 is 0 Å². The molecule has 2 atom stereocenters. The van der Waals surface area contributed by atoms with Crippen LogP contribution in [0, 0.1) is 0 Å². The molecule has 0 bridgehead atoms. The molecular formula is C14H20N4O2. The van der Waals surface area contributed by atoms with Gasteiger partial charge in [-0.15, -0.1) is 0 Å². The van der Waals surface area contributed by atoms with Gasteiger partial charge in [-0.1, -0.05) is 13.8 Å². The summed E-state index contributed by atoms with van der Waals surface area (Å²) in [5.74, 6) is 0.374. The van der Waals surface area contributed by atoms with Crippen LogP contribution in [-0.2, 0) is 16.1 Å². The second kappa shape index (κ2) is 5.56. The summed E-state index contributed by atoms with van der Waals surface area (Å²) in [6, 6.07) is 1.27. The first kappa shape index (κ1) is 14.4. The molecule has 108 valence electrons. The Balaban J connectivity index is 2.30. The van der Waals surface area contributed by atoms with Crippen LogP contribution in [0.1, 0.15) is 39.4 Å². The van der Waals surface area contributed by atoms with E-state index in [4.69, 9.17) is 0 Å². The number of carbonyl (C=O) groups is 2. The molecule has 0 saturated carbocycles. The van der Waals surface area contributed by atoms with Crippen LogP contribution >= 0.6 is 0 Å².